The summed E-state index contributed by atoms with van der Waals surface area (Å²) in [4.78, 5) is 16.2. The molecule has 4 heteroatoms. The molecule has 1 aromatic carbocycles. The number of carboxylic acid groups (broad SMARTS) is 1. The van der Waals surface area contributed by atoms with Gasteiger partial charge in [0.1, 0.15) is 0 Å². The van der Waals surface area contributed by atoms with Gasteiger partial charge in [0, 0.05) is 11.3 Å². The second kappa shape index (κ2) is 5.78. The minimum absolute atomic E-state index is 0.0790. The number of carbonyl (C=O) groups is 1. The lowest BCUT2D eigenvalue weighted by Gasteiger charge is -1.95. The van der Waals surface area contributed by atoms with Crippen molar-refractivity contribution >= 4 is 17.3 Å². The number of nitrogens with zero attached hydrogens (tertiary/aromatic N) is 1. The van der Waals surface area contributed by atoms with Crippen molar-refractivity contribution in [2.75, 3.05) is 0 Å². The lowest BCUT2D eigenvalue weighted by molar-refractivity contribution is -0.136. The van der Waals surface area contributed by atoms with E-state index in [0.717, 1.165) is 28.4 Å². The number of hydrogen-bond donors (Lipinski definition) is 1. The molecule has 0 radical (unpaired) electrons. The molecular weight excluding hydrogens is 246 g/mol. The van der Waals surface area contributed by atoms with Crippen molar-refractivity contribution in [3.05, 3.63) is 51.5 Å². The van der Waals surface area contributed by atoms with Gasteiger partial charge in [-0.05, 0) is 12.0 Å². The molecule has 2 aromatic rings. The summed E-state index contributed by atoms with van der Waals surface area (Å²) < 4.78 is 0. The lowest BCUT2D eigenvalue weighted by Crippen LogP contribution is -2.00. The Morgan fingerprint density at radius 1 is 1.33 bits per heavy atom. The largest absolute Gasteiger partial charge is 0.481 e. The van der Waals surface area contributed by atoms with Crippen LogP contribution >= 0.6 is 11.3 Å². The number of aromatic nitrogens is 1. The number of aliphatic carboxylic acids is 1. The van der Waals surface area contributed by atoms with E-state index in [1.807, 2.05) is 25.1 Å². The fraction of sp³-hybridized carbons (Fsp3) is 0.286. The van der Waals surface area contributed by atoms with Gasteiger partial charge in [-0.1, -0.05) is 37.3 Å². The summed E-state index contributed by atoms with van der Waals surface area (Å²) in [6, 6.07) is 10.1. The molecule has 0 spiro atoms. The summed E-state index contributed by atoms with van der Waals surface area (Å²) in [5.74, 6) is -0.792. The molecular formula is C14H15NO2S. The SMILES string of the molecule is CCc1nc(Cc2ccccc2)sc1CC(=O)O. The van der Waals surface area contributed by atoms with Crippen LogP contribution in [-0.4, -0.2) is 16.1 Å². The molecule has 0 bridgehead atoms. The zero-order chi connectivity index (χ0) is 13.0. The first-order valence-electron chi connectivity index (χ1n) is 5.92. The van der Waals surface area contributed by atoms with E-state index in [0.29, 0.717) is 0 Å². The molecule has 94 valence electrons. The van der Waals surface area contributed by atoms with Crippen LogP contribution in [0.3, 0.4) is 0 Å². The van der Waals surface area contributed by atoms with Crippen molar-refractivity contribution in [3.8, 4) is 0 Å². The highest BCUT2D eigenvalue weighted by Crippen LogP contribution is 2.22. The van der Waals surface area contributed by atoms with Crippen molar-refractivity contribution in [3.63, 3.8) is 0 Å². The standard InChI is InChI=1S/C14H15NO2S/c1-2-11-12(9-14(16)17)18-13(15-11)8-10-6-4-3-5-7-10/h3-7H,2,8-9H2,1H3,(H,16,17). The fourth-order valence-electron chi connectivity index (χ4n) is 1.83. The summed E-state index contributed by atoms with van der Waals surface area (Å²) in [6.45, 7) is 2.01. The maximum atomic E-state index is 10.8. The Kier molecular flexibility index (Phi) is 4.10. The van der Waals surface area contributed by atoms with Crippen molar-refractivity contribution in [1.82, 2.24) is 4.98 Å². The van der Waals surface area contributed by atoms with Gasteiger partial charge in [-0.3, -0.25) is 4.79 Å². The lowest BCUT2D eigenvalue weighted by atomic mass is 10.2. The average molecular weight is 261 g/mol. The van der Waals surface area contributed by atoms with E-state index in [2.05, 4.69) is 17.1 Å². The van der Waals surface area contributed by atoms with Gasteiger partial charge in [0.2, 0.25) is 0 Å². The minimum Gasteiger partial charge on any atom is -0.481 e. The molecule has 0 saturated heterocycles. The maximum Gasteiger partial charge on any atom is 0.308 e. The zero-order valence-electron chi connectivity index (χ0n) is 10.2. The van der Waals surface area contributed by atoms with Crippen LogP contribution in [-0.2, 0) is 24.1 Å². The molecule has 2 rings (SSSR count). The predicted molar refractivity (Wildman–Crippen MR) is 72.1 cm³/mol. The molecule has 1 N–H and O–H groups in total. The first-order valence-corrected chi connectivity index (χ1v) is 6.74. The van der Waals surface area contributed by atoms with E-state index in [-0.39, 0.29) is 6.42 Å². The van der Waals surface area contributed by atoms with Crippen LogP contribution in [0, 0.1) is 0 Å². The van der Waals surface area contributed by atoms with Crippen LogP contribution in [0.2, 0.25) is 0 Å². The van der Waals surface area contributed by atoms with Crippen molar-refractivity contribution in [2.24, 2.45) is 0 Å². The summed E-state index contributed by atoms with van der Waals surface area (Å²) in [5, 5.41) is 9.86. The van der Waals surface area contributed by atoms with Gasteiger partial charge in [-0.25, -0.2) is 4.98 Å². The Balaban J connectivity index is 2.19. The normalized spacial score (nSPS) is 10.5. The van der Waals surface area contributed by atoms with Crippen molar-refractivity contribution < 1.29 is 9.90 Å². The third-order valence-corrected chi connectivity index (χ3v) is 3.76. The van der Waals surface area contributed by atoms with Crippen LogP contribution in [0.5, 0.6) is 0 Å². The van der Waals surface area contributed by atoms with Gasteiger partial charge >= 0.3 is 5.97 Å². The smallest absolute Gasteiger partial charge is 0.308 e. The summed E-state index contributed by atoms with van der Waals surface area (Å²) in [7, 11) is 0. The predicted octanol–water partition coefficient (Wildman–Crippen LogP) is 2.92. The Bertz CT molecular complexity index is 534. The summed E-state index contributed by atoms with van der Waals surface area (Å²) in [6.07, 6.45) is 1.64. The molecule has 0 atom stereocenters. The molecule has 1 aromatic heterocycles. The molecule has 0 aliphatic rings. The first kappa shape index (κ1) is 12.8. The first-order chi connectivity index (χ1) is 8.69. The summed E-state index contributed by atoms with van der Waals surface area (Å²) >= 11 is 1.52. The molecule has 0 fully saturated rings. The number of benzene rings is 1. The number of thiazole rings is 1. The van der Waals surface area contributed by atoms with Gasteiger partial charge in [0.05, 0.1) is 17.1 Å². The number of hydrogen-bond acceptors (Lipinski definition) is 3. The number of carboxylic acids is 1. The Morgan fingerprint density at radius 3 is 2.67 bits per heavy atom. The minimum atomic E-state index is -0.792. The molecule has 0 amide bonds. The topological polar surface area (TPSA) is 50.2 Å². The zero-order valence-corrected chi connectivity index (χ0v) is 11.0. The van der Waals surface area contributed by atoms with E-state index in [9.17, 15) is 4.79 Å². The molecule has 0 aliphatic heterocycles. The van der Waals surface area contributed by atoms with Gasteiger partial charge in [-0.15, -0.1) is 11.3 Å². The van der Waals surface area contributed by atoms with Crippen LogP contribution < -0.4 is 0 Å². The average Bonchev–Trinajstić information content (AvgIpc) is 2.71. The molecule has 0 aliphatic carbocycles. The number of rotatable bonds is 5. The van der Waals surface area contributed by atoms with E-state index in [1.165, 1.54) is 16.9 Å². The molecule has 0 unspecified atom stereocenters. The van der Waals surface area contributed by atoms with Gasteiger partial charge in [0.15, 0.2) is 0 Å². The molecule has 18 heavy (non-hydrogen) atoms. The number of aryl methyl sites for hydroxylation is 1. The Hall–Kier alpha value is -1.68. The van der Waals surface area contributed by atoms with E-state index < -0.39 is 5.97 Å². The van der Waals surface area contributed by atoms with Gasteiger partial charge in [-0.2, -0.15) is 0 Å². The van der Waals surface area contributed by atoms with Crippen molar-refractivity contribution in [1.29, 1.82) is 0 Å². The maximum absolute atomic E-state index is 10.8. The Morgan fingerprint density at radius 2 is 2.06 bits per heavy atom. The third-order valence-electron chi connectivity index (χ3n) is 2.67. The van der Waals surface area contributed by atoms with Crippen molar-refractivity contribution in [2.45, 2.75) is 26.2 Å². The highest BCUT2D eigenvalue weighted by Gasteiger charge is 2.12. The van der Waals surface area contributed by atoms with Crippen LogP contribution in [0.4, 0.5) is 0 Å². The fourth-order valence-corrected chi connectivity index (χ4v) is 3.02. The van der Waals surface area contributed by atoms with E-state index in [4.69, 9.17) is 5.11 Å². The second-order valence-corrected chi connectivity index (χ2v) is 5.23. The third kappa shape index (κ3) is 3.17. The second-order valence-electron chi connectivity index (χ2n) is 4.06. The quantitative estimate of drug-likeness (QED) is 0.900. The van der Waals surface area contributed by atoms with E-state index in [1.54, 1.807) is 0 Å². The highest BCUT2D eigenvalue weighted by molar-refractivity contribution is 7.11. The summed E-state index contributed by atoms with van der Waals surface area (Å²) in [5.41, 5.74) is 2.13. The highest BCUT2D eigenvalue weighted by atomic mass is 32.1. The van der Waals surface area contributed by atoms with Gasteiger partial charge in [0.25, 0.3) is 0 Å². The van der Waals surface area contributed by atoms with Crippen LogP contribution in [0.15, 0.2) is 30.3 Å². The monoisotopic (exact) mass is 261 g/mol. The molecule has 0 saturated carbocycles. The van der Waals surface area contributed by atoms with E-state index >= 15 is 0 Å². The van der Waals surface area contributed by atoms with Crippen LogP contribution in [0.1, 0.15) is 28.1 Å². The van der Waals surface area contributed by atoms with Crippen LogP contribution in [0.25, 0.3) is 0 Å². The Labute approximate surface area is 110 Å². The molecule has 3 nitrogen and oxygen atoms in total. The van der Waals surface area contributed by atoms with Gasteiger partial charge < -0.3 is 5.11 Å². The molecule has 1 heterocycles.